The molecular weight excluding hydrogens is 306 g/mol. The number of nitrogens with zero attached hydrogens (tertiary/aromatic N) is 4. The second-order valence-corrected chi connectivity index (χ2v) is 8.29. The summed E-state index contributed by atoms with van der Waals surface area (Å²) in [6, 6.07) is 0.856. The van der Waals surface area contributed by atoms with Crippen LogP contribution in [0.4, 0.5) is 0 Å². The molecule has 0 amide bonds. The molecule has 0 spiro atoms. The molecule has 0 atom stereocenters. The van der Waals surface area contributed by atoms with Crippen molar-refractivity contribution in [3.63, 3.8) is 0 Å². The van der Waals surface area contributed by atoms with E-state index in [0.717, 1.165) is 37.5 Å². The second kappa shape index (κ2) is 6.80. The molecule has 1 heterocycles. The number of carboxylic acid groups (broad SMARTS) is 1. The summed E-state index contributed by atoms with van der Waals surface area (Å²) < 4.78 is 1.89. The van der Waals surface area contributed by atoms with E-state index < -0.39 is 5.97 Å². The molecule has 2 saturated carbocycles. The van der Waals surface area contributed by atoms with E-state index in [1.165, 1.54) is 12.8 Å². The first-order chi connectivity index (χ1) is 11.3. The quantitative estimate of drug-likeness (QED) is 0.748. The van der Waals surface area contributed by atoms with Crippen molar-refractivity contribution < 1.29 is 9.90 Å². The summed E-state index contributed by atoms with van der Waals surface area (Å²) in [5, 5.41) is 21.0. The van der Waals surface area contributed by atoms with Gasteiger partial charge in [-0.1, -0.05) is 5.21 Å². The van der Waals surface area contributed by atoms with Crippen LogP contribution in [0.1, 0.15) is 52.1 Å². The van der Waals surface area contributed by atoms with Crippen molar-refractivity contribution in [2.75, 3.05) is 13.1 Å². The Hall–Kier alpha value is -1.47. The van der Waals surface area contributed by atoms with Crippen molar-refractivity contribution in [3.05, 3.63) is 11.9 Å². The van der Waals surface area contributed by atoms with Gasteiger partial charge in [-0.2, -0.15) is 0 Å². The number of hydrogen-bond acceptors (Lipinski definition) is 5. The van der Waals surface area contributed by atoms with Gasteiger partial charge in [0.05, 0.1) is 24.0 Å². The zero-order chi connectivity index (χ0) is 17.3. The lowest BCUT2D eigenvalue weighted by atomic mass is 9.85. The van der Waals surface area contributed by atoms with Crippen LogP contribution in [0.25, 0.3) is 0 Å². The number of hydrogen-bond donors (Lipinski definition) is 2. The molecule has 2 fully saturated rings. The molecule has 7 heteroatoms. The number of aromatic nitrogens is 3. The molecule has 2 N–H and O–H groups in total. The Bertz CT molecular complexity index is 570. The highest BCUT2D eigenvalue weighted by atomic mass is 16.4. The number of rotatable bonds is 8. The molecule has 7 nitrogen and oxygen atoms in total. The zero-order valence-electron chi connectivity index (χ0n) is 14.9. The van der Waals surface area contributed by atoms with Crippen LogP contribution in [0, 0.1) is 5.92 Å². The molecule has 1 aromatic rings. The summed E-state index contributed by atoms with van der Waals surface area (Å²) in [5.74, 6) is 0.00894. The SMILES string of the molecule is CC(C)(C)n1cc(CNC2CC(N(CC(=O)O)CC3CC3)C2)nn1. The Morgan fingerprint density at radius 1 is 1.42 bits per heavy atom. The average molecular weight is 335 g/mol. The first-order valence-electron chi connectivity index (χ1n) is 8.92. The number of carboxylic acids is 1. The normalized spacial score (nSPS) is 24.2. The molecule has 0 unspecified atom stereocenters. The summed E-state index contributed by atoms with van der Waals surface area (Å²) in [4.78, 5) is 13.2. The minimum atomic E-state index is -0.717. The van der Waals surface area contributed by atoms with Gasteiger partial charge in [0.2, 0.25) is 0 Å². The first-order valence-corrected chi connectivity index (χ1v) is 8.92. The van der Waals surface area contributed by atoms with Gasteiger partial charge >= 0.3 is 5.97 Å². The van der Waals surface area contributed by atoms with Crippen LogP contribution in [-0.4, -0.2) is 56.1 Å². The average Bonchev–Trinajstić information content (AvgIpc) is 3.09. The Kier molecular flexibility index (Phi) is 4.92. The van der Waals surface area contributed by atoms with Gasteiger partial charge < -0.3 is 10.4 Å². The molecule has 0 aliphatic heterocycles. The largest absolute Gasteiger partial charge is 0.480 e. The molecule has 24 heavy (non-hydrogen) atoms. The number of aliphatic carboxylic acids is 1. The van der Waals surface area contributed by atoms with Gasteiger partial charge in [-0.3, -0.25) is 9.69 Å². The topological polar surface area (TPSA) is 83.3 Å². The smallest absolute Gasteiger partial charge is 0.317 e. The highest BCUT2D eigenvalue weighted by molar-refractivity contribution is 5.69. The van der Waals surface area contributed by atoms with Gasteiger partial charge in [0.1, 0.15) is 0 Å². The minimum Gasteiger partial charge on any atom is -0.480 e. The molecule has 2 aliphatic carbocycles. The molecule has 0 aromatic carbocycles. The van der Waals surface area contributed by atoms with E-state index in [0.29, 0.717) is 12.1 Å². The summed E-state index contributed by atoms with van der Waals surface area (Å²) in [6.07, 6.45) is 6.55. The first kappa shape index (κ1) is 17.4. The third-order valence-electron chi connectivity index (χ3n) is 4.96. The summed E-state index contributed by atoms with van der Waals surface area (Å²) in [7, 11) is 0. The van der Waals surface area contributed by atoms with E-state index in [1.54, 1.807) is 0 Å². The van der Waals surface area contributed by atoms with Gasteiger partial charge in [-0.25, -0.2) is 4.68 Å². The highest BCUT2D eigenvalue weighted by Crippen LogP contribution is 2.33. The van der Waals surface area contributed by atoms with Crippen molar-refractivity contribution >= 4 is 5.97 Å². The van der Waals surface area contributed by atoms with Crippen molar-refractivity contribution in [1.82, 2.24) is 25.2 Å². The van der Waals surface area contributed by atoms with Crippen LogP contribution in [0.15, 0.2) is 6.20 Å². The minimum absolute atomic E-state index is 0.0487. The molecule has 2 aliphatic rings. The van der Waals surface area contributed by atoms with Crippen molar-refractivity contribution in [3.8, 4) is 0 Å². The summed E-state index contributed by atoms with van der Waals surface area (Å²) in [5.41, 5.74) is 0.904. The Balaban J connectivity index is 1.42. The van der Waals surface area contributed by atoms with Gasteiger partial charge in [-0.05, 0) is 52.4 Å². The van der Waals surface area contributed by atoms with E-state index in [-0.39, 0.29) is 12.1 Å². The lowest BCUT2D eigenvalue weighted by molar-refractivity contribution is -0.139. The van der Waals surface area contributed by atoms with Crippen LogP contribution >= 0.6 is 0 Å². The van der Waals surface area contributed by atoms with Gasteiger partial charge in [-0.15, -0.1) is 5.10 Å². The monoisotopic (exact) mass is 335 g/mol. The predicted octanol–water partition coefficient (Wildman–Crippen LogP) is 1.45. The predicted molar refractivity (Wildman–Crippen MR) is 90.6 cm³/mol. The van der Waals surface area contributed by atoms with E-state index in [1.807, 2.05) is 10.9 Å². The van der Waals surface area contributed by atoms with Crippen molar-refractivity contribution in [2.24, 2.45) is 5.92 Å². The van der Waals surface area contributed by atoms with E-state index in [2.05, 4.69) is 41.3 Å². The Morgan fingerprint density at radius 2 is 2.12 bits per heavy atom. The molecule has 3 rings (SSSR count). The Labute approximate surface area is 143 Å². The molecule has 1 aromatic heterocycles. The summed E-state index contributed by atoms with van der Waals surface area (Å²) >= 11 is 0. The fraction of sp³-hybridized carbons (Fsp3) is 0.824. The third-order valence-corrected chi connectivity index (χ3v) is 4.96. The lowest BCUT2D eigenvalue weighted by Gasteiger charge is -2.42. The fourth-order valence-electron chi connectivity index (χ4n) is 3.16. The molecule has 0 bridgehead atoms. The summed E-state index contributed by atoms with van der Waals surface area (Å²) in [6.45, 7) is 8.15. The van der Waals surface area contributed by atoms with Crippen molar-refractivity contribution in [2.45, 2.75) is 70.6 Å². The highest BCUT2D eigenvalue weighted by Gasteiger charge is 2.36. The maximum absolute atomic E-state index is 11.1. The van der Waals surface area contributed by atoms with Gasteiger partial charge in [0, 0.05) is 25.2 Å². The lowest BCUT2D eigenvalue weighted by Crippen LogP contribution is -2.54. The Morgan fingerprint density at radius 3 is 2.67 bits per heavy atom. The standard InChI is InChI=1S/C17H29N5O2/c1-17(2,3)22-10-14(19-20-22)8-18-13-6-15(7-13)21(11-16(23)24)9-12-4-5-12/h10,12-13,15,18H,4-9,11H2,1-3H3,(H,23,24). The third kappa shape index (κ3) is 4.54. The van der Waals surface area contributed by atoms with E-state index in [4.69, 9.17) is 5.11 Å². The molecule has 0 saturated heterocycles. The number of carbonyl (C=O) groups is 1. The van der Waals surface area contributed by atoms with Crippen LogP contribution < -0.4 is 5.32 Å². The maximum Gasteiger partial charge on any atom is 0.317 e. The molecule has 134 valence electrons. The van der Waals surface area contributed by atoms with Crippen LogP contribution in [0.3, 0.4) is 0 Å². The molecular formula is C17H29N5O2. The number of nitrogens with one attached hydrogen (secondary N) is 1. The second-order valence-electron chi connectivity index (χ2n) is 8.29. The van der Waals surface area contributed by atoms with E-state index in [9.17, 15) is 4.79 Å². The maximum atomic E-state index is 11.1. The van der Waals surface area contributed by atoms with Crippen LogP contribution in [-0.2, 0) is 16.9 Å². The van der Waals surface area contributed by atoms with Crippen LogP contribution in [0.5, 0.6) is 0 Å². The molecule has 0 radical (unpaired) electrons. The van der Waals surface area contributed by atoms with E-state index >= 15 is 0 Å². The van der Waals surface area contributed by atoms with Gasteiger partial charge in [0.25, 0.3) is 0 Å². The fourth-order valence-corrected chi connectivity index (χ4v) is 3.16. The van der Waals surface area contributed by atoms with Crippen LogP contribution in [0.2, 0.25) is 0 Å². The van der Waals surface area contributed by atoms with Crippen molar-refractivity contribution in [1.29, 1.82) is 0 Å². The van der Waals surface area contributed by atoms with Gasteiger partial charge in [0.15, 0.2) is 0 Å². The zero-order valence-corrected chi connectivity index (χ0v) is 14.9.